The number of benzene rings is 3. The van der Waals surface area contributed by atoms with Crippen LogP contribution in [0.2, 0.25) is 0 Å². The molecule has 3 nitrogen and oxygen atoms in total. The molecule has 0 aliphatic carbocycles. The number of hydrogen-bond acceptors (Lipinski definition) is 4. The van der Waals surface area contributed by atoms with Crippen LogP contribution in [0, 0.1) is 13.8 Å². The second-order valence-electron chi connectivity index (χ2n) is 6.75. The van der Waals surface area contributed by atoms with Crippen LogP contribution in [0.4, 0.5) is 0 Å². The van der Waals surface area contributed by atoms with E-state index < -0.39 is 5.25 Å². The summed E-state index contributed by atoms with van der Waals surface area (Å²) in [6.07, 6.45) is 0. The van der Waals surface area contributed by atoms with Crippen LogP contribution in [0.1, 0.15) is 32.4 Å². The molecule has 0 bridgehead atoms. The van der Waals surface area contributed by atoms with Crippen molar-refractivity contribution in [1.29, 1.82) is 0 Å². The number of hydrogen-bond donors (Lipinski definition) is 0. The highest BCUT2D eigenvalue weighted by molar-refractivity contribution is 8.00. The van der Waals surface area contributed by atoms with E-state index in [1.54, 1.807) is 0 Å². The van der Waals surface area contributed by atoms with Gasteiger partial charge in [-0.25, -0.2) is 9.97 Å². The summed E-state index contributed by atoms with van der Waals surface area (Å²) in [5.74, 6) is 0.0578. The van der Waals surface area contributed by atoms with E-state index in [0.29, 0.717) is 10.7 Å². The first kappa shape index (κ1) is 18.4. The molecule has 0 fully saturated rings. The quantitative estimate of drug-likeness (QED) is 0.242. The van der Waals surface area contributed by atoms with Gasteiger partial charge in [0.25, 0.3) is 0 Å². The Kier molecular flexibility index (Phi) is 5.22. The van der Waals surface area contributed by atoms with Gasteiger partial charge in [0.05, 0.1) is 5.52 Å². The number of rotatable bonds is 5. The van der Waals surface area contributed by atoms with Gasteiger partial charge in [0.2, 0.25) is 0 Å². The van der Waals surface area contributed by atoms with E-state index in [0.717, 1.165) is 27.7 Å². The van der Waals surface area contributed by atoms with Crippen molar-refractivity contribution in [2.75, 3.05) is 0 Å². The van der Waals surface area contributed by atoms with Gasteiger partial charge in [0.1, 0.15) is 5.25 Å². The summed E-state index contributed by atoms with van der Waals surface area (Å²) in [7, 11) is 0. The van der Waals surface area contributed by atoms with Crippen molar-refractivity contribution in [3.05, 3.63) is 101 Å². The SMILES string of the molecule is Cc1ccc2c(C)nc(S[C@@H](C(=O)c3ccccc3)c3ccccc3)nc2c1. The lowest BCUT2D eigenvalue weighted by molar-refractivity contribution is 0.0989. The lowest BCUT2D eigenvalue weighted by Crippen LogP contribution is -2.11. The smallest absolute Gasteiger partial charge is 0.189 e. The molecular weight excluding hydrogens is 364 g/mol. The summed E-state index contributed by atoms with van der Waals surface area (Å²) in [6, 6.07) is 25.4. The molecule has 4 aromatic rings. The Morgan fingerprint density at radius 2 is 1.54 bits per heavy atom. The van der Waals surface area contributed by atoms with Crippen LogP contribution in [0.25, 0.3) is 10.9 Å². The molecule has 4 rings (SSSR count). The molecular formula is C24H20N2OS. The zero-order valence-electron chi connectivity index (χ0n) is 15.8. The van der Waals surface area contributed by atoms with Crippen LogP contribution >= 0.6 is 11.8 Å². The number of nitrogens with zero attached hydrogens (tertiary/aromatic N) is 2. The maximum atomic E-state index is 13.3. The first-order valence-corrected chi connectivity index (χ1v) is 10.1. The Hall–Kier alpha value is -2.98. The van der Waals surface area contributed by atoms with Gasteiger partial charge in [-0.2, -0.15) is 0 Å². The van der Waals surface area contributed by atoms with Crippen molar-refractivity contribution in [2.24, 2.45) is 0 Å². The van der Waals surface area contributed by atoms with E-state index in [2.05, 4.69) is 30.1 Å². The van der Waals surface area contributed by atoms with Crippen molar-refractivity contribution in [3.8, 4) is 0 Å². The summed E-state index contributed by atoms with van der Waals surface area (Å²) in [5.41, 5.74) is 4.63. The standard InChI is InChI=1S/C24H20N2OS/c1-16-13-14-20-17(2)25-24(26-21(20)15-16)28-23(19-11-7-4-8-12-19)22(27)18-9-5-3-6-10-18/h3-15,23H,1-2H3/t23-/m1/s1. The normalized spacial score (nSPS) is 12.1. The zero-order chi connectivity index (χ0) is 19.5. The molecule has 28 heavy (non-hydrogen) atoms. The molecule has 3 aromatic carbocycles. The van der Waals surface area contributed by atoms with Crippen molar-refractivity contribution < 1.29 is 4.79 Å². The van der Waals surface area contributed by atoms with Crippen molar-refractivity contribution in [3.63, 3.8) is 0 Å². The third-order valence-corrected chi connectivity index (χ3v) is 5.76. The van der Waals surface area contributed by atoms with Gasteiger partial charge < -0.3 is 0 Å². The van der Waals surface area contributed by atoms with E-state index in [-0.39, 0.29) is 5.78 Å². The number of carbonyl (C=O) groups excluding carboxylic acids is 1. The summed E-state index contributed by atoms with van der Waals surface area (Å²) in [6.45, 7) is 4.04. The molecule has 4 heteroatoms. The van der Waals surface area contributed by atoms with Crippen LogP contribution in [0.15, 0.2) is 84.0 Å². The second-order valence-corrected chi connectivity index (χ2v) is 7.82. The van der Waals surface area contributed by atoms with Gasteiger partial charge >= 0.3 is 0 Å². The highest BCUT2D eigenvalue weighted by Crippen LogP contribution is 2.37. The number of fused-ring (bicyclic) bond motifs is 1. The average molecular weight is 385 g/mol. The number of Topliss-reactive ketones (excluding diaryl/α,β-unsaturated/α-hetero) is 1. The maximum absolute atomic E-state index is 13.3. The Bertz CT molecular complexity index is 1130. The summed E-state index contributed by atoms with van der Waals surface area (Å²) >= 11 is 1.41. The first-order chi connectivity index (χ1) is 13.6. The number of thioether (sulfide) groups is 1. The van der Waals surface area contributed by atoms with Gasteiger partial charge in [-0.3, -0.25) is 4.79 Å². The Morgan fingerprint density at radius 3 is 2.25 bits per heavy atom. The van der Waals surface area contributed by atoms with Crippen LogP contribution in [0.3, 0.4) is 0 Å². The fourth-order valence-electron chi connectivity index (χ4n) is 3.18. The van der Waals surface area contributed by atoms with Gasteiger partial charge in [-0.05, 0) is 31.0 Å². The molecule has 0 unspecified atom stereocenters. The first-order valence-electron chi connectivity index (χ1n) is 9.18. The number of aromatic nitrogens is 2. The minimum absolute atomic E-state index is 0.0578. The molecule has 1 aromatic heterocycles. The van der Waals surface area contributed by atoms with Gasteiger partial charge in [0, 0.05) is 16.6 Å². The third-order valence-electron chi connectivity index (χ3n) is 4.64. The average Bonchev–Trinajstić information content (AvgIpc) is 2.72. The fourth-order valence-corrected chi connectivity index (χ4v) is 4.27. The predicted octanol–water partition coefficient (Wildman–Crippen LogP) is 5.96. The van der Waals surface area contributed by atoms with Crippen molar-refractivity contribution in [2.45, 2.75) is 24.3 Å². The molecule has 0 saturated heterocycles. The summed E-state index contributed by atoms with van der Waals surface area (Å²) < 4.78 is 0. The van der Waals surface area contributed by atoms with Crippen molar-refractivity contribution >= 4 is 28.4 Å². The lowest BCUT2D eigenvalue weighted by atomic mass is 10.0. The Balaban J connectivity index is 1.76. The number of carbonyl (C=O) groups is 1. The predicted molar refractivity (Wildman–Crippen MR) is 115 cm³/mol. The maximum Gasteiger partial charge on any atom is 0.189 e. The van der Waals surface area contributed by atoms with Crippen LogP contribution in [0.5, 0.6) is 0 Å². The van der Waals surface area contributed by atoms with E-state index in [9.17, 15) is 4.79 Å². The highest BCUT2D eigenvalue weighted by Gasteiger charge is 2.24. The molecule has 1 atom stereocenters. The molecule has 0 N–H and O–H groups in total. The van der Waals surface area contributed by atoms with Gasteiger partial charge in [-0.1, -0.05) is 84.6 Å². The Morgan fingerprint density at radius 1 is 0.857 bits per heavy atom. The lowest BCUT2D eigenvalue weighted by Gasteiger charge is -2.16. The molecule has 0 radical (unpaired) electrons. The minimum Gasteiger partial charge on any atom is -0.293 e. The molecule has 0 aliphatic heterocycles. The van der Waals surface area contributed by atoms with E-state index in [1.807, 2.05) is 67.6 Å². The molecule has 0 spiro atoms. The summed E-state index contributed by atoms with van der Waals surface area (Å²) in [4.78, 5) is 22.7. The second kappa shape index (κ2) is 7.95. The molecule has 138 valence electrons. The van der Waals surface area contributed by atoms with Crippen LogP contribution in [-0.4, -0.2) is 15.8 Å². The topological polar surface area (TPSA) is 42.9 Å². The molecule has 0 amide bonds. The van der Waals surface area contributed by atoms with Gasteiger partial charge in [0.15, 0.2) is 10.9 Å². The van der Waals surface area contributed by atoms with Crippen LogP contribution < -0.4 is 0 Å². The van der Waals surface area contributed by atoms with Crippen molar-refractivity contribution in [1.82, 2.24) is 9.97 Å². The largest absolute Gasteiger partial charge is 0.293 e. The fraction of sp³-hybridized carbons (Fsp3) is 0.125. The van der Waals surface area contributed by atoms with E-state index in [4.69, 9.17) is 4.98 Å². The number of ketones is 1. The highest BCUT2D eigenvalue weighted by atomic mass is 32.2. The third kappa shape index (κ3) is 3.82. The molecule has 0 saturated carbocycles. The summed E-state index contributed by atoms with van der Waals surface area (Å²) in [5, 5.41) is 1.26. The monoisotopic (exact) mass is 384 g/mol. The minimum atomic E-state index is -0.398. The van der Waals surface area contributed by atoms with Gasteiger partial charge in [-0.15, -0.1) is 0 Å². The van der Waals surface area contributed by atoms with Crippen LogP contribution in [-0.2, 0) is 0 Å². The number of aryl methyl sites for hydroxylation is 2. The van der Waals surface area contributed by atoms with E-state index in [1.165, 1.54) is 11.8 Å². The Labute approximate surface area is 168 Å². The van der Waals surface area contributed by atoms with E-state index >= 15 is 0 Å². The zero-order valence-corrected chi connectivity index (χ0v) is 16.6. The molecule has 0 aliphatic rings. The molecule has 1 heterocycles.